The van der Waals surface area contributed by atoms with Crippen LogP contribution in [0, 0.1) is 10.1 Å². The van der Waals surface area contributed by atoms with E-state index in [0.29, 0.717) is 16.6 Å². The molecule has 0 aliphatic rings. The summed E-state index contributed by atoms with van der Waals surface area (Å²) in [5, 5.41) is 15.2. The number of carbonyl (C=O) groups is 1. The summed E-state index contributed by atoms with van der Waals surface area (Å²) in [6, 6.07) is 9.74. The number of para-hydroxylation sites is 1. The van der Waals surface area contributed by atoms with Gasteiger partial charge in [0.2, 0.25) is 0 Å². The Morgan fingerprint density at radius 2 is 2.12 bits per heavy atom. The first kappa shape index (κ1) is 15.7. The lowest BCUT2D eigenvalue weighted by Gasteiger charge is -2.04. The number of anilines is 1. The van der Waals surface area contributed by atoms with Gasteiger partial charge in [0.15, 0.2) is 10.9 Å². The zero-order chi connectivity index (χ0) is 17.1. The highest BCUT2D eigenvalue weighted by molar-refractivity contribution is 7.14. The molecule has 0 unspecified atom stereocenters. The van der Waals surface area contributed by atoms with Crippen LogP contribution in [-0.2, 0) is 0 Å². The predicted molar refractivity (Wildman–Crippen MR) is 87.4 cm³/mol. The molecule has 3 rings (SSSR count). The fourth-order valence-corrected chi connectivity index (χ4v) is 2.72. The summed E-state index contributed by atoms with van der Waals surface area (Å²) in [6.45, 7) is 0. The average molecular weight is 345 g/mol. The van der Waals surface area contributed by atoms with Crippen molar-refractivity contribution < 1.29 is 18.9 Å². The highest BCUT2D eigenvalue weighted by Gasteiger charge is 2.18. The lowest BCUT2D eigenvalue weighted by molar-refractivity contribution is -0.402. The van der Waals surface area contributed by atoms with E-state index in [1.807, 2.05) is 24.3 Å². The number of nitrogens with zero attached hydrogens (tertiary/aromatic N) is 2. The van der Waals surface area contributed by atoms with E-state index >= 15 is 0 Å². The molecular weight excluding hydrogens is 334 g/mol. The van der Waals surface area contributed by atoms with E-state index in [4.69, 9.17) is 9.15 Å². The lowest BCUT2D eigenvalue weighted by Crippen LogP contribution is -2.10. The molecule has 0 spiro atoms. The Kier molecular flexibility index (Phi) is 4.25. The molecule has 2 aromatic heterocycles. The molecule has 1 aromatic carbocycles. The van der Waals surface area contributed by atoms with Crippen LogP contribution in [0.15, 0.2) is 46.2 Å². The number of nitrogens with one attached hydrogen (secondary N) is 1. The summed E-state index contributed by atoms with van der Waals surface area (Å²) in [5.41, 5.74) is 1.45. The van der Waals surface area contributed by atoms with Gasteiger partial charge in [-0.1, -0.05) is 12.1 Å². The van der Waals surface area contributed by atoms with Gasteiger partial charge in [-0.15, -0.1) is 11.3 Å². The molecule has 9 heteroatoms. The lowest BCUT2D eigenvalue weighted by atomic mass is 10.1. The van der Waals surface area contributed by atoms with Crippen LogP contribution in [-0.4, -0.2) is 22.9 Å². The number of furan rings is 1. The molecule has 0 aliphatic carbocycles. The molecule has 0 atom stereocenters. The van der Waals surface area contributed by atoms with E-state index in [1.54, 1.807) is 12.5 Å². The number of ether oxygens (including phenoxy) is 1. The number of aromatic nitrogens is 1. The monoisotopic (exact) mass is 345 g/mol. The maximum atomic E-state index is 12.0. The van der Waals surface area contributed by atoms with Crippen LogP contribution in [0.4, 0.5) is 11.0 Å². The molecule has 0 fully saturated rings. The van der Waals surface area contributed by atoms with Crippen molar-refractivity contribution in [3.8, 4) is 17.0 Å². The van der Waals surface area contributed by atoms with E-state index in [2.05, 4.69) is 10.3 Å². The summed E-state index contributed by atoms with van der Waals surface area (Å²) < 4.78 is 10.1. The minimum atomic E-state index is -0.708. The Balaban J connectivity index is 1.78. The number of benzene rings is 1. The number of nitro groups is 1. The minimum absolute atomic E-state index is 0.157. The normalized spacial score (nSPS) is 10.4. The van der Waals surface area contributed by atoms with Gasteiger partial charge in [0.1, 0.15) is 10.7 Å². The predicted octanol–water partition coefficient (Wildman–Crippen LogP) is 3.57. The van der Waals surface area contributed by atoms with Gasteiger partial charge in [-0.05, 0) is 18.2 Å². The first-order valence-corrected chi connectivity index (χ1v) is 7.61. The summed E-state index contributed by atoms with van der Waals surface area (Å²) in [7, 11) is 1.57. The second-order valence-electron chi connectivity index (χ2n) is 4.59. The molecule has 2 heterocycles. The number of carbonyl (C=O) groups excluding carboxylic acids is 1. The number of rotatable bonds is 5. The molecule has 0 saturated heterocycles. The molecule has 0 saturated carbocycles. The first-order chi connectivity index (χ1) is 11.6. The molecule has 1 amide bonds. The highest BCUT2D eigenvalue weighted by atomic mass is 32.1. The Morgan fingerprint density at radius 1 is 1.33 bits per heavy atom. The van der Waals surface area contributed by atoms with Crippen molar-refractivity contribution in [2.24, 2.45) is 0 Å². The number of hydrogen-bond donors (Lipinski definition) is 1. The summed E-state index contributed by atoms with van der Waals surface area (Å²) >= 11 is 1.23. The Morgan fingerprint density at radius 3 is 2.83 bits per heavy atom. The quantitative estimate of drug-likeness (QED) is 0.559. The molecule has 0 radical (unpaired) electrons. The van der Waals surface area contributed by atoms with Crippen molar-refractivity contribution in [3.05, 3.63) is 57.7 Å². The van der Waals surface area contributed by atoms with Gasteiger partial charge in [-0.2, -0.15) is 0 Å². The number of methoxy groups -OCH3 is 1. The third kappa shape index (κ3) is 3.10. The first-order valence-electron chi connectivity index (χ1n) is 6.73. The second-order valence-corrected chi connectivity index (χ2v) is 5.45. The fraction of sp³-hybridized carbons (Fsp3) is 0.0667. The third-order valence-electron chi connectivity index (χ3n) is 3.10. The van der Waals surface area contributed by atoms with E-state index in [-0.39, 0.29) is 5.76 Å². The van der Waals surface area contributed by atoms with Crippen LogP contribution in [0.3, 0.4) is 0 Å². The van der Waals surface area contributed by atoms with Gasteiger partial charge in [-0.25, -0.2) is 4.98 Å². The topological polar surface area (TPSA) is 108 Å². The Labute approximate surface area is 139 Å². The van der Waals surface area contributed by atoms with Crippen molar-refractivity contribution in [2.75, 3.05) is 12.4 Å². The standard InChI is InChI=1S/C15H11N3O5S/c1-22-11-5-3-2-4-9(11)10-8-24-15(16-10)17-14(19)12-6-7-13(23-12)18(20)21/h2-8H,1H3,(H,16,17,19). The smallest absolute Gasteiger partial charge is 0.433 e. The molecule has 3 aromatic rings. The van der Waals surface area contributed by atoms with Crippen LogP contribution in [0.25, 0.3) is 11.3 Å². The van der Waals surface area contributed by atoms with Crippen molar-refractivity contribution in [1.29, 1.82) is 0 Å². The Bertz CT molecular complexity index is 902. The van der Waals surface area contributed by atoms with Crippen LogP contribution >= 0.6 is 11.3 Å². The second kappa shape index (κ2) is 6.50. The highest BCUT2D eigenvalue weighted by Crippen LogP contribution is 2.32. The van der Waals surface area contributed by atoms with Gasteiger partial charge < -0.3 is 9.15 Å². The molecule has 0 aliphatic heterocycles. The largest absolute Gasteiger partial charge is 0.496 e. The number of amides is 1. The Hall–Kier alpha value is -3.20. The van der Waals surface area contributed by atoms with Crippen LogP contribution in [0.5, 0.6) is 5.75 Å². The van der Waals surface area contributed by atoms with Gasteiger partial charge >= 0.3 is 5.88 Å². The summed E-state index contributed by atoms with van der Waals surface area (Å²) in [4.78, 5) is 26.2. The van der Waals surface area contributed by atoms with Crippen molar-refractivity contribution in [2.45, 2.75) is 0 Å². The van der Waals surface area contributed by atoms with Crippen LogP contribution in [0.2, 0.25) is 0 Å². The van der Waals surface area contributed by atoms with Gasteiger partial charge in [0.05, 0.1) is 18.9 Å². The maximum Gasteiger partial charge on any atom is 0.433 e. The van der Waals surface area contributed by atoms with E-state index < -0.39 is 16.7 Å². The summed E-state index contributed by atoms with van der Waals surface area (Å²) in [6.07, 6.45) is 0. The van der Waals surface area contributed by atoms with Crippen molar-refractivity contribution in [1.82, 2.24) is 4.98 Å². The fourth-order valence-electron chi connectivity index (χ4n) is 2.02. The maximum absolute atomic E-state index is 12.0. The van der Waals surface area contributed by atoms with Crippen molar-refractivity contribution >= 4 is 28.3 Å². The van der Waals surface area contributed by atoms with Gasteiger partial charge in [-0.3, -0.25) is 20.2 Å². The molecule has 24 heavy (non-hydrogen) atoms. The number of thiazole rings is 1. The molecule has 122 valence electrons. The molecule has 1 N–H and O–H groups in total. The zero-order valence-electron chi connectivity index (χ0n) is 12.4. The van der Waals surface area contributed by atoms with Crippen LogP contribution in [0.1, 0.15) is 10.6 Å². The van der Waals surface area contributed by atoms with E-state index in [9.17, 15) is 14.9 Å². The van der Waals surface area contributed by atoms with E-state index in [1.165, 1.54) is 17.4 Å². The van der Waals surface area contributed by atoms with E-state index in [0.717, 1.165) is 11.6 Å². The number of hydrogen-bond acceptors (Lipinski definition) is 7. The molecular formula is C15H11N3O5S. The molecule has 8 nitrogen and oxygen atoms in total. The SMILES string of the molecule is COc1ccccc1-c1csc(NC(=O)c2ccc([N+](=O)[O-])o2)n1. The van der Waals surface area contributed by atoms with Gasteiger partial charge in [0.25, 0.3) is 5.91 Å². The van der Waals surface area contributed by atoms with Gasteiger partial charge in [0, 0.05) is 10.9 Å². The zero-order valence-corrected chi connectivity index (χ0v) is 13.2. The average Bonchev–Trinajstić information content (AvgIpc) is 3.24. The third-order valence-corrected chi connectivity index (χ3v) is 3.86. The summed E-state index contributed by atoms with van der Waals surface area (Å²) in [5.74, 6) is -0.587. The minimum Gasteiger partial charge on any atom is -0.496 e. The van der Waals surface area contributed by atoms with Crippen LogP contribution < -0.4 is 10.1 Å². The molecule has 0 bridgehead atoms. The van der Waals surface area contributed by atoms with Crippen molar-refractivity contribution in [3.63, 3.8) is 0 Å².